The van der Waals surface area contributed by atoms with Gasteiger partial charge in [0.1, 0.15) is 5.75 Å². The maximum absolute atomic E-state index is 12.6. The van der Waals surface area contributed by atoms with E-state index in [-0.39, 0.29) is 5.75 Å². The van der Waals surface area contributed by atoms with E-state index in [0.29, 0.717) is 17.2 Å². The fourth-order valence-corrected chi connectivity index (χ4v) is 2.75. The summed E-state index contributed by atoms with van der Waals surface area (Å²) in [5.74, 6) is 1.05. The number of ether oxygens (including phenoxy) is 1. The molecule has 8 heteroatoms. The Kier molecular flexibility index (Phi) is 5.33. The van der Waals surface area contributed by atoms with Gasteiger partial charge >= 0.3 is 6.61 Å². The van der Waals surface area contributed by atoms with Gasteiger partial charge in [-0.2, -0.15) is 13.9 Å². The van der Waals surface area contributed by atoms with E-state index in [2.05, 4.69) is 30.2 Å². The molecule has 0 saturated heterocycles. The summed E-state index contributed by atoms with van der Waals surface area (Å²) < 4.78 is 29.6. The number of halogens is 2. The molecular formula is C21H15F2N5O. The van der Waals surface area contributed by atoms with Crippen LogP contribution in [0.2, 0.25) is 0 Å². The molecule has 0 aliphatic carbocycles. The number of pyridine rings is 1. The first-order chi connectivity index (χ1) is 14.2. The SMILES string of the molecule is FC(F)Oc1ccccc1C=NNc1nc(-c2ccncc2)nc2ccccc12. The molecule has 0 spiro atoms. The Morgan fingerprint density at radius 1 is 0.931 bits per heavy atom. The number of para-hydroxylation sites is 2. The van der Waals surface area contributed by atoms with Gasteiger partial charge in [-0.25, -0.2) is 9.97 Å². The van der Waals surface area contributed by atoms with Crippen molar-refractivity contribution in [2.45, 2.75) is 6.61 Å². The van der Waals surface area contributed by atoms with Gasteiger partial charge < -0.3 is 4.74 Å². The summed E-state index contributed by atoms with van der Waals surface area (Å²) in [6.45, 7) is -2.91. The van der Waals surface area contributed by atoms with E-state index in [1.807, 2.05) is 36.4 Å². The average Bonchev–Trinajstić information content (AvgIpc) is 2.75. The lowest BCUT2D eigenvalue weighted by molar-refractivity contribution is -0.0499. The molecule has 2 heterocycles. The summed E-state index contributed by atoms with van der Waals surface area (Å²) in [6, 6.07) is 17.5. The number of aromatic nitrogens is 3. The Bertz CT molecular complexity index is 1150. The molecule has 4 rings (SSSR count). The topological polar surface area (TPSA) is 72.3 Å². The Morgan fingerprint density at radius 2 is 1.69 bits per heavy atom. The van der Waals surface area contributed by atoms with Gasteiger partial charge in [0.15, 0.2) is 11.6 Å². The molecule has 0 radical (unpaired) electrons. The number of hydrazone groups is 1. The van der Waals surface area contributed by atoms with Gasteiger partial charge in [-0.3, -0.25) is 10.4 Å². The van der Waals surface area contributed by atoms with Crippen molar-refractivity contribution in [3.05, 3.63) is 78.6 Å². The third-order valence-electron chi connectivity index (χ3n) is 4.05. The summed E-state index contributed by atoms with van der Waals surface area (Å²) in [5, 5.41) is 4.94. The van der Waals surface area contributed by atoms with Crippen LogP contribution in [-0.4, -0.2) is 27.8 Å². The fraction of sp³-hybridized carbons (Fsp3) is 0.0476. The lowest BCUT2D eigenvalue weighted by Gasteiger charge is -2.09. The van der Waals surface area contributed by atoms with Crippen molar-refractivity contribution < 1.29 is 13.5 Å². The molecule has 144 valence electrons. The number of nitrogens with zero attached hydrogens (tertiary/aromatic N) is 4. The standard InChI is InChI=1S/C21H15F2N5O/c22-21(23)29-18-8-4-1-5-15(18)13-25-28-20-16-6-2-3-7-17(16)26-19(27-20)14-9-11-24-12-10-14/h1-13,21H,(H,26,27,28). The number of fused-ring (bicyclic) bond motifs is 1. The van der Waals surface area contributed by atoms with E-state index in [0.717, 1.165) is 16.5 Å². The van der Waals surface area contributed by atoms with Gasteiger partial charge in [-0.15, -0.1) is 0 Å². The number of hydrogen-bond acceptors (Lipinski definition) is 6. The molecular weight excluding hydrogens is 376 g/mol. The van der Waals surface area contributed by atoms with E-state index in [1.165, 1.54) is 12.3 Å². The normalized spacial score (nSPS) is 11.3. The van der Waals surface area contributed by atoms with E-state index in [1.54, 1.807) is 30.6 Å². The summed E-state index contributed by atoms with van der Waals surface area (Å²) in [7, 11) is 0. The van der Waals surface area contributed by atoms with Crippen molar-refractivity contribution in [1.82, 2.24) is 15.0 Å². The number of alkyl halides is 2. The molecule has 0 amide bonds. The molecule has 0 fully saturated rings. The smallest absolute Gasteiger partial charge is 0.387 e. The fourth-order valence-electron chi connectivity index (χ4n) is 2.75. The van der Waals surface area contributed by atoms with Crippen LogP contribution in [0.3, 0.4) is 0 Å². The van der Waals surface area contributed by atoms with Gasteiger partial charge in [-0.1, -0.05) is 24.3 Å². The first kappa shape index (κ1) is 18.4. The third kappa shape index (κ3) is 4.32. The number of anilines is 1. The Hall–Kier alpha value is -3.94. The van der Waals surface area contributed by atoms with Crippen molar-refractivity contribution >= 4 is 22.9 Å². The van der Waals surface area contributed by atoms with Gasteiger partial charge in [0.25, 0.3) is 0 Å². The quantitative estimate of drug-likeness (QED) is 0.380. The minimum atomic E-state index is -2.91. The summed E-state index contributed by atoms with van der Waals surface area (Å²) in [6.07, 6.45) is 4.73. The van der Waals surface area contributed by atoms with Crippen molar-refractivity contribution in [1.29, 1.82) is 0 Å². The summed E-state index contributed by atoms with van der Waals surface area (Å²) in [5.41, 5.74) is 4.85. The monoisotopic (exact) mass is 391 g/mol. The van der Waals surface area contributed by atoms with Crippen molar-refractivity contribution in [2.24, 2.45) is 5.10 Å². The molecule has 1 N–H and O–H groups in total. The molecule has 0 saturated carbocycles. The molecule has 0 atom stereocenters. The van der Waals surface area contributed by atoms with E-state index in [4.69, 9.17) is 0 Å². The minimum absolute atomic E-state index is 0.0399. The van der Waals surface area contributed by atoms with Crippen LogP contribution in [-0.2, 0) is 0 Å². The molecule has 0 aliphatic heterocycles. The summed E-state index contributed by atoms with van der Waals surface area (Å²) in [4.78, 5) is 13.2. The molecule has 4 aromatic rings. The maximum atomic E-state index is 12.6. The second-order valence-corrected chi connectivity index (χ2v) is 5.94. The molecule has 2 aromatic heterocycles. The van der Waals surface area contributed by atoms with Crippen molar-refractivity contribution in [3.63, 3.8) is 0 Å². The van der Waals surface area contributed by atoms with Crippen LogP contribution in [0.25, 0.3) is 22.3 Å². The first-order valence-electron chi connectivity index (χ1n) is 8.71. The number of nitrogens with one attached hydrogen (secondary N) is 1. The van der Waals surface area contributed by atoms with Crippen LogP contribution in [0.1, 0.15) is 5.56 Å². The Morgan fingerprint density at radius 3 is 2.52 bits per heavy atom. The zero-order valence-corrected chi connectivity index (χ0v) is 15.0. The highest BCUT2D eigenvalue weighted by molar-refractivity contribution is 5.91. The lowest BCUT2D eigenvalue weighted by atomic mass is 10.2. The number of benzene rings is 2. The minimum Gasteiger partial charge on any atom is -0.434 e. The first-order valence-corrected chi connectivity index (χ1v) is 8.71. The van der Waals surface area contributed by atoms with Gasteiger partial charge in [0, 0.05) is 28.9 Å². The second-order valence-electron chi connectivity index (χ2n) is 5.94. The maximum Gasteiger partial charge on any atom is 0.387 e. The van der Waals surface area contributed by atoms with E-state index >= 15 is 0 Å². The molecule has 2 aromatic carbocycles. The largest absolute Gasteiger partial charge is 0.434 e. The van der Waals surface area contributed by atoms with Crippen LogP contribution in [0.5, 0.6) is 5.75 Å². The third-order valence-corrected chi connectivity index (χ3v) is 4.05. The van der Waals surface area contributed by atoms with Crippen LogP contribution >= 0.6 is 0 Å². The van der Waals surface area contributed by atoms with Crippen LogP contribution in [0, 0.1) is 0 Å². The average molecular weight is 391 g/mol. The van der Waals surface area contributed by atoms with Gasteiger partial charge in [-0.05, 0) is 36.4 Å². The molecule has 0 bridgehead atoms. The predicted molar refractivity (Wildman–Crippen MR) is 107 cm³/mol. The highest BCUT2D eigenvalue weighted by Gasteiger charge is 2.10. The van der Waals surface area contributed by atoms with Crippen LogP contribution in [0.4, 0.5) is 14.6 Å². The number of rotatable bonds is 6. The Labute approximate surface area is 164 Å². The predicted octanol–water partition coefficient (Wildman–Crippen LogP) is 4.74. The van der Waals surface area contributed by atoms with Gasteiger partial charge in [0.2, 0.25) is 0 Å². The zero-order chi connectivity index (χ0) is 20.1. The van der Waals surface area contributed by atoms with Crippen molar-refractivity contribution in [3.8, 4) is 17.1 Å². The highest BCUT2D eigenvalue weighted by Crippen LogP contribution is 2.25. The van der Waals surface area contributed by atoms with Crippen LogP contribution < -0.4 is 10.2 Å². The van der Waals surface area contributed by atoms with E-state index < -0.39 is 6.61 Å². The molecule has 0 unspecified atom stereocenters. The second kappa shape index (κ2) is 8.39. The zero-order valence-electron chi connectivity index (χ0n) is 15.0. The van der Waals surface area contributed by atoms with E-state index in [9.17, 15) is 8.78 Å². The van der Waals surface area contributed by atoms with Gasteiger partial charge in [0.05, 0.1) is 11.7 Å². The van der Waals surface area contributed by atoms with Crippen LogP contribution in [0.15, 0.2) is 78.2 Å². The highest BCUT2D eigenvalue weighted by atomic mass is 19.3. The lowest BCUT2D eigenvalue weighted by Crippen LogP contribution is -2.04. The number of hydrogen-bond donors (Lipinski definition) is 1. The van der Waals surface area contributed by atoms with Crippen molar-refractivity contribution in [2.75, 3.05) is 5.43 Å². The summed E-state index contributed by atoms with van der Waals surface area (Å²) >= 11 is 0. The molecule has 0 aliphatic rings. The Balaban J connectivity index is 1.67. The molecule has 6 nitrogen and oxygen atoms in total. The molecule has 29 heavy (non-hydrogen) atoms.